The van der Waals surface area contributed by atoms with Crippen LogP contribution in [-0.4, -0.2) is 25.4 Å². The first kappa shape index (κ1) is 12.0. The van der Waals surface area contributed by atoms with E-state index in [0.29, 0.717) is 11.5 Å². The Balaban J connectivity index is 3.15. The predicted molar refractivity (Wildman–Crippen MR) is 55.0 cm³/mol. The molecule has 0 aliphatic rings. The summed E-state index contributed by atoms with van der Waals surface area (Å²) < 4.78 is 9.95. The molecule has 0 aromatic heterocycles. The summed E-state index contributed by atoms with van der Waals surface area (Å²) in [6.07, 6.45) is 1.36. The van der Waals surface area contributed by atoms with Gasteiger partial charge in [0.05, 0.1) is 14.2 Å². The fourth-order valence-corrected chi connectivity index (χ4v) is 1.26. The van der Waals surface area contributed by atoms with Crippen molar-refractivity contribution >= 4 is 6.29 Å². The van der Waals surface area contributed by atoms with Crippen LogP contribution < -0.4 is 9.47 Å². The molecule has 1 aromatic rings. The second-order valence-electron chi connectivity index (χ2n) is 2.92. The van der Waals surface area contributed by atoms with Gasteiger partial charge in [-0.2, -0.15) is 0 Å². The Kier molecular flexibility index (Phi) is 3.82. The second kappa shape index (κ2) is 5.11. The van der Waals surface area contributed by atoms with E-state index in [0.717, 1.165) is 0 Å². The van der Waals surface area contributed by atoms with Gasteiger partial charge in [0.25, 0.3) is 6.29 Å². The summed E-state index contributed by atoms with van der Waals surface area (Å²) in [5.41, 5.74) is 0.206. The van der Waals surface area contributed by atoms with Crippen molar-refractivity contribution in [3.8, 4) is 11.5 Å². The third-order valence-corrected chi connectivity index (χ3v) is 2.05. The van der Waals surface area contributed by atoms with Gasteiger partial charge in [-0.15, -0.1) is 0 Å². The molecule has 0 spiro atoms. The van der Waals surface area contributed by atoms with Crippen LogP contribution in [-0.2, 0) is 4.79 Å². The average Bonchev–Trinajstić information content (AvgIpc) is 2.29. The molecule has 0 heterocycles. The van der Waals surface area contributed by atoms with Crippen LogP contribution in [0.2, 0.25) is 0 Å². The average molecular weight is 224 g/mol. The number of carbonyl (C=O) groups excluding carboxylic acids is 1. The zero-order valence-electron chi connectivity index (χ0n) is 8.80. The number of methoxy groups -OCH3 is 2. The number of nitrogens with zero attached hydrogens (tertiary/aromatic N) is 1. The van der Waals surface area contributed by atoms with Gasteiger partial charge < -0.3 is 9.47 Å². The van der Waals surface area contributed by atoms with Crippen LogP contribution in [0.4, 0.5) is 0 Å². The van der Waals surface area contributed by atoms with Gasteiger partial charge in [0, 0.05) is 10.5 Å². The fourth-order valence-electron chi connectivity index (χ4n) is 1.26. The van der Waals surface area contributed by atoms with E-state index in [-0.39, 0.29) is 5.56 Å². The van der Waals surface area contributed by atoms with Gasteiger partial charge in [0.15, 0.2) is 11.5 Å². The first-order valence-electron chi connectivity index (χ1n) is 4.37. The molecule has 0 saturated carbocycles. The lowest BCUT2D eigenvalue weighted by atomic mass is 10.1. The Morgan fingerprint density at radius 1 is 1.31 bits per heavy atom. The van der Waals surface area contributed by atoms with Crippen LogP contribution in [0.25, 0.3) is 0 Å². The minimum atomic E-state index is -1.50. The molecule has 0 aliphatic heterocycles. The van der Waals surface area contributed by atoms with Crippen LogP contribution >= 0.6 is 0 Å². The SMILES string of the molecule is COc1ccc(C([C]=O)[N+](=O)[O-])cc1OC. The molecule has 6 heteroatoms. The van der Waals surface area contributed by atoms with Crippen LogP contribution in [0.1, 0.15) is 11.6 Å². The number of rotatable bonds is 5. The molecule has 0 saturated heterocycles. The lowest BCUT2D eigenvalue weighted by Gasteiger charge is -2.09. The largest absolute Gasteiger partial charge is 0.493 e. The third-order valence-electron chi connectivity index (χ3n) is 2.05. The standard InChI is InChI=1S/C10H10NO5/c1-15-9-4-3-7(5-10(9)16-2)8(6-12)11(13)14/h3-5,8H,1-2H3. The van der Waals surface area contributed by atoms with Crippen molar-refractivity contribution in [2.75, 3.05) is 14.2 Å². The maximum Gasteiger partial charge on any atom is 0.303 e. The normalized spacial score (nSPS) is 11.6. The van der Waals surface area contributed by atoms with Crippen molar-refractivity contribution < 1.29 is 19.2 Å². The van der Waals surface area contributed by atoms with E-state index in [2.05, 4.69) is 0 Å². The van der Waals surface area contributed by atoms with Crippen LogP contribution in [0.5, 0.6) is 11.5 Å². The maximum absolute atomic E-state index is 10.6. The molecule has 0 fully saturated rings. The van der Waals surface area contributed by atoms with Gasteiger partial charge in [0.2, 0.25) is 0 Å². The van der Waals surface area contributed by atoms with Crippen molar-refractivity contribution in [2.45, 2.75) is 6.04 Å². The number of nitro groups is 1. The summed E-state index contributed by atoms with van der Waals surface area (Å²) in [5.74, 6) is 0.779. The maximum atomic E-state index is 10.6. The summed E-state index contributed by atoms with van der Waals surface area (Å²) in [7, 11) is 2.86. The van der Waals surface area contributed by atoms with Crippen molar-refractivity contribution in [1.29, 1.82) is 0 Å². The molecular formula is C10H10NO5. The van der Waals surface area contributed by atoms with Crippen LogP contribution in [0.15, 0.2) is 18.2 Å². The van der Waals surface area contributed by atoms with Gasteiger partial charge in [-0.25, -0.2) is 0 Å². The minimum absolute atomic E-state index is 0.206. The highest BCUT2D eigenvalue weighted by Gasteiger charge is 2.24. The Labute approximate surface area is 91.9 Å². The molecule has 1 unspecified atom stereocenters. The van der Waals surface area contributed by atoms with Gasteiger partial charge in [-0.05, 0) is 18.2 Å². The first-order chi connectivity index (χ1) is 7.63. The quantitative estimate of drug-likeness (QED) is 0.553. The molecular weight excluding hydrogens is 214 g/mol. The lowest BCUT2D eigenvalue weighted by Crippen LogP contribution is -2.11. The van der Waals surface area contributed by atoms with E-state index in [1.807, 2.05) is 0 Å². The Morgan fingerprint density at radius 3 is 2.38 bits per heavy atom. The predicted octanol–water partition coefficient (Wildman–Crippen LogP) is 1.13. The molecule has 16 heavy (non-hydrogen) atoms. The molecule has 1 aromatic carbocycles. The topological polar surface area (TPSA) is 78.7 Å². The monoisotopic (exact) mass is 224 g/mol. The number of hydrogen-bond acceptors (Lipinski definition) is 5. The van der Waals surface area contributed by atoms with E-state index in [9.17, 15) is 14.9 Å². The lowest BCUT2D eigenvalue weighted by molar-refractivity contribution is -0.508. The Hall–Kier alpha value is -2.11. The summed E-state index contributed by atoms with van der Waals surface area (Å²) >= 11 is 0. The van der Waals surface area contributed by atoms with Crippen molar-refractivity contribution in [1.82, 2.24) is 0 Å². The van der Waals surface area contributed by atoms with Gasteiger partial charge in [0.1, 0.15) is 0 Å². The summed E-state index contributed by atoms with van der Waals surface area (Å²) in [5, 5.41) is 10.6. The number of ether oxygens (including phenoxy) is 2. The fraction of sp³-hybridized carbons (Fsp3) is 0.300. The van der Waals surface area contributed by atoms with Crippen molar-refractivity contribution in [3.05, 3.63) is 33.9 Å². The summed E-state index contributed by atoms with van der Waals surface area (Å²) in [4.78, 5) is 20.3. The van der Waals surface area contributed by atoms with Gasteiger partial charge in [-0.1, -0.05) is 0 Å². The molecule has 85 valence electrons. The first-order valence-corrected chi connectivity index (χ1v) is 4.37. The van der Waals surface area contributed by atoms with Crippen LogP contribution in [0, 0.1) is 10.1 Å². The van der Waals surface area contributed by atoms with Crippen LogP contribution in [0.3, 0.4) is 0 Å². The third kappa shape index (κ3) is 2.28. The molecule has 1 radical (unpaired) electrons. The van der Waals surface area contributed by atoms with Gasteiger partial charge in [-0.3, -0.25) is 14.9 Å². The molecule has 0 N–H and O–H groups in total. The van der Waals surface area contributed by atoms with E-state index in [1.165, 1.54) is 38.7 Å². The highest BCUT2D eigenvalue weighted by molar-refractivity contribution is 5.61. The molecule has 1 atom stereocenters. The van der Waals surface area contributed by atoms with Gasteiger partial charge >= 0.3 is 6.04 Å². The Bertz CT molecular complexity index is 404. The zero-order chi connectivity index (χ0) is 12.1. The molecule has 1 rings (SSSR count). The number of benzene rings is 1. The smallest absolute Gasteiger partial charge is 0.303 e. The minimum Gasteiger partial charge on any atom is -0.493 e. The molecule has 0 amide bonds. The second-order valence-corrected chi connectivity index (χ2v) is 2.92. The zero-order valence-corrected chi connectivity index (χ0v) is 8.80. The highest BCUT2D eigenvalue weighted by atomic mass is 16.6. The molecule has 6 nitrogen and oxygen atoms in total. The van der Waals surface area contributed by atoms with E-state index < -0.39 is 11.0 Å². The van der Waals surface area contributed by atoms with E-state index in [4.69, 9.17) is 9.47 Å². The Morgan fingerprint density at radius 2 is 1.94 bits per heavy atom. The summed E-state index contributed by atoms with van der Waals surface area (Å²) in [6.45, 7) is 0. The van der Waals surface area contributed by atoms with Crippen molar-refractivity contribution in [2.24, 2.45) is 0 Å². The summed E-state index contributed by atoms with van der Waals surface area (Å²) in [6, 6.07) is 2.82. The van der Waals surface area contributed by atoms with E-state index >= 15 is 0 Å². The van der Waals surface area contributed by atoms with Crippen molar-refractivity contribution in [3.63, 3.8) is 0 Å². The molecule has 0 aliphatic carbocycles. The van der Waals surface area contributed by atoms with E-state index in [1.54, 1.807) is 0 Å². The number of hydrogen-bond donors (Lipinski definition) is 0. The molecule has 0 bridgehead atoms. The highest BCUT2D eigenvalue weighted by Crippen LogP contribution is 2.30.